The normalized spacial score (nSPS) is 27.8. The molecule has 0 aromatic heterocycles. The van der Waals surface area contributed by atoms with Crippen LogP contribution in [0.15, 0.2) is 0 Å². The van der Waals surface area contributed by atoms with Crippen molar-refractivity contribution < 1.29 is 8.42 Å². The lowest BCUT2D eigenvalue weighted by atomic mass is 9.79. The molecule has 2 aliphatic rings. The second-order valence-electron chi connectivity index (χ2n) is 6.69. The van der Waals surface area contributed by atoms with Gasteiger partial charge < -0.3 is 5.32 Å². The summed E-state index contributed by atoms with van der Waals surface area (Å²) in [5, 5.41) is 3.75. The maximum Gasteiger partial charge on any atom is 0.151 e. The largest absolute Gasteiger partial charge is 0.308 e. The van der Waals surface area contributed by atoms with Crippen molar-refractivity contribution in [2.24, 2.45) is 0 Å². The van der Waals surface area contributed by atoms with E-state index >= 15 is 0 Å². The topological polar surface area (TPSA) is 49.4 Å². The predicted molar refractivity (Wildman–Crippen MR) is 83.8 cm³/mol. The van der Waals surface area contributed by atoms with Crippen molar-refractivity contribution >= 4 is 9.84 Å². The summed E-state index contributed by atoms with van der Waals surface area (Å²) >= 11 is 0. The standard InChI is InChI=1S/C15H30N2O2S/c1-3-10-20(18,19)11-9-17-13-15(16-12-14(17)2)7-5-4-6-8-15/h14,16H,3-13H2,1-2H3. The molecule has 1 N–H and O–H groups in total. The van der Waals surface area contributed by atoms with Crippen LogP contribution >= 0.6 is 0 Å². The molecule has 5 heteroatoms. The zero-order chi connectivity index (χ0) is 14.6. The van der Waals surface area contributed by atoms with E-state index in [1.807, 2.05) is 6.92 Å². The van der Waals surface area contributed by atoms with E-state index in [0.717, 1.165) is 19.5 Å². The molecule has 1 heterocycles. The number of nitrogens with zero attached hydrogens (tertiary/aromatic N) is 1. The van der Waals surface area contributed by atoms with E-state index in [0.29, 0.717) is 24.1 Å². The maximum absolute atomic E-state index is 11.9. The van der Waals surface area contributed by atoms with E-state index in [1.165, 1.54) is 32.1 Å². The molecule has 1 unspecified atom stereocenters. The second kappa shape index (κ2) is 6.75. The van der Waals surface area contributed by atoms with Gasteiger partial charge in [0, 0.05) is 37.0 Å². The van der Waals surface area contributed by atoms with Gasteiger partial charge in [0.15, 0.2) is 9.84 Å². The molecule has 1 spiro atoms. The van der Waals surface area contributed by atoms with Gasteiger partial charge >= 0.3 is 0 Å². The molecule has 1 aliphatic heterocycles. The third-order valence-electron chi connectivity index (χ3n) is 4.92. The van der Waals surface area contributed by atoms with Crippen LogP contribution in [-0.4, -0.2) is 56.0 Å². The zero-order valence-electron chi connectivity index (χ0n) is 13.0. The molecule has 1 aliphatic carbocycles. The van der Waals surface area contributed by atoms with E-state index in [-0.39, 0.29) is 5.54 Å². The maximum atomic E-state index is 11.9. The van der Waals surface area contributed by atoms with Crippen molar-refractivity contribution in [2.45, 2.75) is 64.0 Å². The van der Waals surface area contributed by atoms with Crippen LogP contribution in [0.1, 0.15) is 52.4 Å². The van der Waals surface area contributed by atoms with Crippen molar-refractivity contribution in [1.82, 2.24) is 10.2 Å². The van der Waals surface area contributed by atoms with Crippen molar-refractivity contribution in [3.63, 3.8) is 0 Å². The second-order valence-corrected chi connectivity index (χ2v) is 9.00. The summed E-state index contributed by atoms with van der Waals surface area (Å²) < 4.78 is 23.8. The molecule has 4 nitrogen and oxygen atoms in total. The summed E-state index contributed by atoms with van der Waals surface area (Å²) in [7, 11) is -2.86. The molecule has 0 bridgehead atoms. The monoisotopic (exact) mass is 302 g/mol. The van der Waals surface area contributed by atoms with Crippen molar-refractivity contribution in [3.8, 4) is 0 Å². The van der Waals surface area contributed by atoms with Gasteiger partial charge in [-0.1, -0.05) is 26.2 Å². The van der Waals surface area contributed by atoms with Gasteiger partial charge in [0.25, 0.3) is 0 Å². The molecular formula is C15H30N2O2S. The average molecular weight is 302 g/mol. The third kappa shape index (κ3) is 4.18. The van der Waals surface area contributed by atoms with Crippen LogP contribution in [0.4, 0.5) is 0 Å². The summed E-state index contributed by atoms with van der Waals surface area (Å²) in [5.41, 5.74) is 0.263. The van der Waals surface area contributed by atoms with E-state index in [2.05, 4.69) is 17.1 Å². The predicted octanol–water partition coefficient (Wildman–Crippen LogP) is 1.81. The SMILES string of the molecule is CCCS(=O)(=O)CCN1CC2(CCCCC2)NCC1C. The lowest BCUT2D eigenvalue weighted by molar-refractivity contribution is 0.0675. The third-order valence-corrected chi connectivity index (χ3v) is 6.75. The van der Waals surface area contributed by atoms with Gasteiger partial charge in [-0.05, 0) is 26.2 Å². The Morgan fingerprint density at radius 3 is 2.55 bits per heavy atom. The van der Waals surface area contributed by atoms with Crippen LogP contribution in [0, 0.1) is 0 Å². The average Bonchev–Trinajstić information content (AvgIpc) is 2.41. The molecule has 118 valence electrons. The molecule has 1 saturated heterocycles. The van der Waals surface area contributed by atoms with Crippen LogP contribution in [-0.2, 0) is 9.84 Å². The number of rotatable bonds is 5. The van der Waals surface area contributed by atoms with Gasteiger partial charge in [-0.25, -0.2) is 8.42 Å². The highest BCUT2D eigenvalue weighted by Crippen LogP contribution is 2.31. The molecule has 0 aromatic rings. The number of hydrogen-bond acceptors (Lipinski definition) is 4. The van der Waals surface area contributed by atoms with E-state index < -0.39 is 9.84 Å². The van der Waals surface area contributed by atoms with Crippen LogP contribution in [0.2, 0.25) is 0 Å². The molecule has 2 rings (SSSR count). The Kier molecular flexibility index (Phi) is 5.49. The number of hydrogen-bond donors (Lipinski definition) is 1. The minimum atomic E-state index is -2.86. The first-order valence-electron chi connectivity index (χ1n) is 8.16. The molecular weight excluding hydrogens is 272 g/mol. The van der Waals surface area contributed by atoms with Crippen molar-refractivity contribution in [3.05, 3.63) is 0 Å². The highest BCUT2D eigenvalue weighted by atomic mass is 32.2. The van der Waals surface area contributed by atoms with Gasteiger partial charge in [0.1, 0.15) is 0 Å². The van der Waals surface area contributed by atoms with Crippen molar-refractivity contribution in [2.75, 3.05) is 31.1 Å². The quantitative estimate of drug-likeness (QED) is 0.841. The Bertz CT molecular complexity index is 402. The Balaban J connectivity index is 1.92. The van der Waals surface area contributed by atoms with Gasteiger partial charge in [0.05, 0.1) is 5.75 Å². The fourth-order valence-corrected chi connectivity index (χ4v) is 4.96. The molecule has 0 aromatic carbocycles. The van der Waals surface area contributed by atoms with Gasteiger partial charge in [-0.15, -0.1) is 0 Å². The summed E-state index contributed by atoms with van der Waals surface area (Å²) in [6, 6.07) is 0.444. The first-order chi connectivity index (χ1) is 9.46. The first kappa shape index (κ1) is 16.2. The van der Waals surface area contributed by atoms with Crippen LogP contribution < -0.4 is 5.32 Å². The highest BCUT2D eigenvalue weighted by molar-refractivity contribution is 7.91. The fraction of sp³-hybridized carbons (Fsp3) is 1.00. The molecule has 2 fully saturated rings. The van der Waals surface area contributed by atoms with Gasteiger partial charge in [-0.2, -0.15) is 0 Å². The Labute approximate surface area is 124 Å². The van der Waals surface area contributed by atoms with Crippen LogP contribution in [0.25, 0.3) is 0 Å². The molecule has 1 saturated carbocycles. The van der Waals surface area contributed by atoms with E-state index in [1.54, 1.807) is 0 Å². The lowest BCUT2D eigenvalue weighted by Crippen LogP contribution is -2.64. The Morgan fingerprint density at radius 2 is 1.90 bits per heavy atom. The fourth-order valence-electron chi connectivity index (χ4n) is 3.63. The molecule has 0 radical (unpaired) electrons. The zero-order valence-corrected chi connectivity index (χ0v) is 13.8. The molecule has 20 heavy (non-hydrogen) atoms. The van der Waals surface area contributed by atoms with Crippen molar-refractivity contribution in [1.29, 1.82) is 0 Å². The van der Waals surface area contributed by atoms with Crippen LogP contribution in [0.5, 0.6) is 0 Å². The molecule has 0 amide bonds. The first-order valence-corrected chi connectivity index (χ1v) is 9.98. The summed E-state index contributed by atoms with van der Waals surface area (Å²) in [5.74, 6) is 0.653. The van der Waals surface area contributed by atoms with Gasteiger partial charge in [0.2, 0.25) is 0 Å². The van der Waals surface area contributed by atoms with E-state index in [4.69, 9.17) is 0 Å². The highest BCUT2D eigenvalue weighted by Gasteiger charge is 2.38. The number of piperazine rings is 1. The minimum Gasteiger partial charge on any atom is -0.308 e. The Hall–Kier alpha value is -0.130. The minimum absolute atomic E-state index is 0.263. The lowest BCUT2D eigenvalue weighted by Gasteiger charge is -2.49. The smallest absolute Gasteiger partial charge is 0.151 e. The Morgan fingerprint density at radius 1 is 1.20 bits per heavy atom. The molecule has 1 atom stereocenters. The van der Waals surface area contributed by atoms with E-state index in [9.17, 15) is 8.42 Å². The summed E-state index contributed by atoms with van der Waals surface area (Å²) in [4.78, 5) is 2.40. The van der Waals surface area contributed by atoms with Crippen LogP contribution in [0.3, 0.4) is 0 Å². The summed E-state index contributed by atoms with van der Waals surface area (Å²) in [6.07, 6.45) is 7.19. The van der Waals surface area contributed by atoms with Gasteiger partial charge in [-0.3, -0.25) is 4.90 Å². The number of sulfone groups is 1. The number of nitrogens with one attached hydrogen (secondary N) is 1. The summed E-state index contributed by atoms with van der Waals surface area (Å²) in [6.45, 7) is 6.85.